The van der Waals surface area contributed by atoms with E-state index in [2.05, 4.69) is 14.7 Å². The van der Waals surface area contributed by atoms with Crippen LogP contribution in [0.15, 0.2) is 34.1 Å². The molecule has 2 aromatic heterocycles. The van der Waals surface area contributed by atoms with Crippen molar-refractivity contribution in [1.82, 2.24) is 19.6 Å². The Morgan fingerprint density at radius 3 is 2.95 bits per heavy atom. The SMILES string of the molecule is CN(Cc1ncc[nH]1)C(=O)CCNS(=O)(=O)c1cccs1. The lowest BCUT2D eigenvalue weighted by Gasteiger charge is -2.15. The lowest BCUT2D eigenvalue weighted by Crippen LogP contribution is -2.31. The van der Waals surface area contributed by atoms with Gasteiger partial charge in [0, 0.05) is 32.4 Å². The Kier molecular flexibility index (Phi) is 5.10. The van der Waals surface area contributed by atoms with Gasteiger partial charge in [0.25, 0.3) is 0 Å². The standard InChI is InChI=1S/C12H16N4O3S2/c1-16(9-10-13-6-7-14-10)11(17)4-5-15-21(18,19)12-3-2-8-20-12/h2-3,6-8,15H,4-5,9H2,1H3,(H,13,14). The summed E-state index contributed by atoms with van der Waals surface area (Å²) < 4.78 is 26.4. The first-order valence-corrected chi connectivity index (χ1v) is 8.61. The molecular formula is C12H16N4O3S2. The van der Waals surface area contributed by atoms with E-state index in [1.165, 1.54) is 11.0 Å². The number of carbonyl (C=O) groups is 1. The van der Waals surface area contributed by atoms with Gasteiger partial charge in [0.1, 0.15) is 10.0 Å². The fraction of sp³-hybridized carbons (Fsp3) is 0.333. The molecular weight excluding hydrogens is 312 g/mol. The van der Waals surface area contributed by atoms with Crippen LogP contribution < -0.4 is 4.72 Å². The summed E-state index contributed by atoms with van der Waals surface area (Å²) in [6.07, 6.45) is 3.40. The molecule has 0 aliphatic rings. The lowest BCUT2D eigenvalue weighted by atomic mass is 10.3. The summed E-state index contributed by atoms with van der Waals surface area (Å²) in [7, 11) is -1.86. The second-order valence-corrected chi connectivity index (χ2v) is 7.31. The molecule has 0 radical (unpaired) electrons. The maximum Gasteiger partial charge on any atom is 0.250 e. The summed E-state index contributed by atoms with van der Waals surface area (Å²) in [4.78, 5) is 20.3. The minimum absolute atomic E-state index is 0.0710. The third-order valence-corrected chi connectivity index (χ3v) is 5.62. The fourth-order valence-electron chi connectivity index (χ4n) is 1.67. The summed E-state index contributed by atoms with van der Waals surface area (Å²) >= 11 is 1.14. The second kappa shape index (κ2) is 6.83. The molecule has 0 unspecified atom stereocenters. The summed E-state index contributed by atoms with van der Waals surface area (Å²) in [5.74, 6) is 0.533. The molecule has 114 valence electrons. The number of imidazole rings is 1. The van der Waals surface area contributed by atoms with Gasteiger partial charge < -0.3 is 9.88 Å². The maximum atomic E-state index is 11.9. The monoisotopic (exact) mass is 328 g/mol. The van der Waals surface area contributed by atoms with Gasteiger partial charge in [-0.2, -0.15) is 0 Å². The van der Waals surface area contributed by atoms with E-state index in [-0.39, 0.29) is 23.1 Å². The minimum atomic E-state index is -3.51. The van der Waals surface area contributed by atoms with Crippen LogP contribution in [0.2, 0.25) is 0 Å². The molecule has 0 bridgehead atoms. The van der Waals surface area contributed by atoms with Crippen molar-refractivity contribution in [2.75, 3.05) is 13.6 Å². The average Bonchev–Trinajstić information content (AvgIpc) is 3.11. The smallest absolute Gasteiger partial charge is 0.250 e. The molecule has 7 nitrogen and oxygen atoms in total. The zero-order valence-electron chi connectivity index (χ0n) is 11.4. The largest absolute Gasteiger partial charge is 0.347 e. The van der Waals surface area contributed by atoms with E-state index >= 15 is 0 Å². The molecule has 0 saturated carbocycles. The highest BCUT2D eigenvalue weighted by Crippen LogP contribution is 2.15. The van der Waals surface area contributed by atoms with Gasteiger partial charge in [-0.25, -0.2) is 18.1 Å². The molecule has 1 amide bonds. The van der Waals surface area contributed by atoms with E-state index in [1.807, 2.05) is 0 Å². The Morgan fingerprint density at radius 1 is 1.52 bits per heavy atom. The number of hydrogen-bond donors (Lipinski definition) is 2. The van der Waals surface area contributed by atoms with Crippen molar-refractivity contribution in [3.63, 3.8) is 0 Å². The number of nitrogens with one attached hydrogen (secondary N) is 2. The lowest BCUT2D eigenvalue weighted by molar-refractivity contribution is -0.130. The quantitative estimate of drug-likeness (QED) is 0.786. The van der Waals surface area contributed by atoms with Crippen LogP contribution in [0.3, 0.4) is 0 Å². The van der Waals surface area contributed by atoms with E-state index in [4.69, 9.17) is 0 Å². The van der Waals surface area contributed by atoms with Crippen LogP contribution in [0.4, 0.5) is 0 Å². The molecule has 0 atom stereocenters. The average molecular weight is 328 g/mol. The molecule has 0 aliphatic heterocycles. The van der Waals surface area contributed by atoms with Gasteiger partial charge in [-0.3, -0.25) is 4.79 Å². The first kappa shape index (κ1) is 15.7. The fourth-order valence-corrected chi connectivity index (χ4v) is 3.74. The van der Waals surface area contributed by atoms with Crippen molar-refractivity contribution in [3.05, 3.63) is 35.7 Å². The number of carbonyl (C=O) groups excluding carboxylic acids is 1. The Morgan fingerprint density at radius 2 is 2.33 bits per heavy atom. The molecule has 2 N–H and O–H groups in total. The minimum Gasteiger partial charge on any atom is -0.347 e. The number of aromatic amines is 1. The molecule has 9 heteroatoms. The molecule has 0 aromatic carbocycles. The van der Waals surface area contributed by atoms with Crippen molar-refractivity contribution in [1.29, 1.82) is 0 Å². The van der Waals surface area contributed by atoms with Gasteiger partial charge in [0.15, 0.2) is 0 Å². The topological polar surface area (TPSA) is 95.2 Å². The number of thiophene rings is 1. The van der Waals surface area contributed by atoms with Crippen molar-refractivity contribution >= 4 is 27.3 Å². The number of amides is 1. The van der Waals surface area contributed by atoms with E-state index in [1.54, 1.807) is 30.9 Å². The molecule has 0 aliphatic carbocycles. The normalized spacial score (nSPS) is 11.5. The van der Waals surface area contributed by atoms with Crippen LogP contribution in [-0.4, -0.2) is 42.8 Å². The number of aromatic nitrogens is 2. The Labute approximate surface area is 127 Å². The van der Waals surface area contributed by atoms with Crippen LogP contribution in [0.5, 0.6) is 0 Å². The van der Waals surface area contributed by atoms with Crippen molar-refractivity contribution in [3.8, 4) is 0 Å². The van der Waals surface area contributed by atoms with Gasteiger partial charge in [-0.15, -0.1) is 11.3 Å². The first-order valence-electron chi connectivity index (χ1n) is 6.24. The summed E-state index contributed by atoms with van der Waals surface area (Å²) in [6.45, 7) is 0.436. The van der Waals surface area contributed by atoms with E-state index in [0.29, 0.717) is 12.4 Å². The molecule has 21 heavy (non-hydrogen) atoms. The van der Waals surface area contributed by atoms with Crippen LogP contribution in [0.1, 0.15) is 12.2 Å². The van der Waals surface area contributed by atoms with Crippen molar-refractivity contribution in [2.45, 2.75) is 17.2 Å². The molecule has 2 rings (SSSR count). The van der Waals surface area contributed by atoms with Crippen LogP contribution in [0, 0.1) is 0 Å². The predicted octanol–water partition coefficient (Wildman–Crippen LogP) is 0.798. The highest BCUT2D eigenvalue weighted by atomic mass is 32.2. The van der Waals surface area contributed by atoms with Crippen LogP contribution in [-0.2, 0) is 21.4 Å². The molecule has 2 heterocycles. The van der Waals surface area contributed by atoms with Crippen LogP contribution in [0.25, 0.3) is 0 Å². The second-order valence-electron chi connectivity index (χ2n) is 4.37. The summed E-state index contributed by atoms with van der Waals surface area (Å²) in [5, 5.41) is 1.69. The van der Waals surface area contributed by atoms with Crippen LogP contribution >= 0.6 is 11.3 Å². The Hall–Kier alpha value is -1.71. The summed E-state index contributed by atoms with van der Waals surface area (Å²) in [6, 6.07) is 3.19. The zero-order chi connectivity index (χ0) is 15.3. The maximum absolute atomic E-state index is 11.9. The van der Waals surface area contributed by atoms with Crippen molar-refractivity contribution in [2.24, 2.45) is 0 Å². The van der Waals surface area contributed by atoms with Gasteiger partial charge in [0.05, 0.1) is 6.54 Å². The molecule has 0 spiro atoms. The molecule has 0 fully saturated rings. The highest BCUT2D eigenvalue weighted by Gasteiger charge is 2.16. The first-order chi connectivity index (χ1) is 9.99. The van der Waals surface area contributed by atoms with E-state index < -0.39 is 10.0 Å². The van der Waals surface area contributed by atoms with Crippen molar-refractivity contribution < 1.29 is 13.2 Å². The van der Waals surface area contributed by atoms with Gasteiger partial charge in [0.2, 0.25) is 15.9 Å². The van der Waals surface area contributed by atoms with E-state index in [9.17, 15) is 13.2 Å². The Bertz CT molecular complexity index is 665. The highest BCUT2D eigenvalue weighted by molar-refractivity contribution is 7.91. The number of sulfonamides is 1. The zero-order valence-corrected chi connectivity index (χ0v) is 13.1. The molecule has 0 saturated heterocycles. The number of rotatable bonds is 7. The Balaban J connectivity index is 1.79. The number of hydrogen-bond acceptors (Lipinski definition) is 5. The predicted molar refractivity (Wildman–Crippen MR) is 79.2 cm³/mol. The number of nitrogens with zero attached hydrogens (tertiary/aromatic N) is 2. The summed E-state index contributed by atoms with van der Waals surface area (Å²) in [5.41, 5.74) is 0. The third kappa shape index (κ3) is 4.38. The number of H-pyrrole nitrogens is 1. The van der Waals surface area contributed by atoms with Gasteiger partial charge in [-0.1, -0.05) is 6.07 Å². The third-order valence-electron chi connectivity index (χ3n) is 2.76. The van der Waals surface area contributed by atoms with E-state index in [0.717, 1.165) is 11.3 Å². The van der Waals surface area contributed by atoms with Gasteiger partial charge in [-0.05, 0) is 11.4 Å². The van der Waals surface area contributed by atoms with Gasteiger partial charge >= 0.3 is 0 Å². The molecule has 2 aromatic rings.